The van der Waals surface area contributed by atoms with E-state index in [-0.39, 0.29) is 23.7 Å². The van der Waals surface area contributed by atoms with Crippen LogP contribution in [0.2, 0.25) is 0 Å². The van der Waals surface area contributed by atoms with E-state index < -0.39 is 11.6 Å². The highest BCUT2D eigenvalue weighted by Crippen LogP contribution is 2.08. The number of aromatic nitrogens is 1. The van der Waals surface area contributed by atoms with Crippen LogP contribution in [0.1, 0.15) is 34.7 Å². The van der Waals surface area contributed by atoms with Gasteiger partial charge in [0.25, 0.3) is 5.91 Å². The molecule has 0 saturated carbocycles. The molecule has 6 nitrogen and oxygen atoms in total. The highest BCUT2D eigenvalue weighted by atomic mass is 16.4. The Balaban J connectivity index is 2.81. The molecule has 0 aliphatic carbocycles. The molecule has 1 aromatic heterocycles. The van der Waals surface area contributed by atoms with E-state index in [0.29, 0.717) is 0 Å². The van der Waals surface area contributed by atoms with Crippen molar-refractivity contribution in [3.63, 3.8) is 0 Å². The van der Waals surface area contributed by atoms with Crippen molar-refractivity contribution in [1.29, 1.82) is 0 Å². The zero-order valence-corrected chi connectivity index (χ0v) is 10.5. The predicted molar refractivity (Wildman–Crippen MR) is 64.5 cm³/mol. The van der Waals surface area contributed by atoms with Gasteiger partial charge in [-0.3, -0.25) is 9.78 Å². The number of rotatable bonds is 4. The van der Waals surface area contributed by atoms with Gasteiger partial charge < -0.3 is 15.1 Å². The molecule has 1 rings (SSSR count). The van der Waals surface area contributed by atoms with Crippen molar-refractivity contribution < 1.29 is 19.8 Å². The number of amides is 1. The van der Waals surface area contributed by atoms with Gasteiger partial charge in [0.1, 0.15) is 5.69 Å². The summed E-state index contributed by atoms with van der Waals surface area (Å²) >= 11 is 0. The van der Waals surface area contributed by atoms with E-state index in [4.69, 9.17) is 5.11 Å². The Kier molecular flexibility index (Phi) is 4.03. The third-order valence-corrected chi connectivity index (χ3v) is 2.20. The fraction of sp³-hybridized carbons (Fsp3) is 0.417. The monoisotopic (exact) mass is 252 g/mol. The number of carbonyl (C=O) groups is 2. The molecular weight excluding hydrogens is 236 g/mol. The van der Waals surface area contributed by atoms with Crippen molar-refractivity contribution in [1.82, 2.24) is 9.88 Å². The Bertz CT molecular complexity index is 448. The number of nitrogens with zero attached hydrogens (tertiary/aromatic N) is 2. The van der Waals surface area contributed by atoms with Crippen LogP contribution in [0.25, 0.3) is 0 Å². The van der Waals surface area contributed by atoms with Crippen LogP contribution in [0, 0.1) is 0 Å². The summed E-state index contributed by atoms with van der Waals surface area (Å²) in [6.45, 7) is 3.35. The Morgan fingerprint density at radius 2 is 2.00 bits per heavy atom. The molecule has 0 spiro atoms. The van der Waals surface area contributed by atoms with Crippen LogP contribution >= 0.6 is 0 Å². The van der Waals surface area contributed by atoms with Crippen LogP contribution in [0.4, 0.5) is 0 Å². The van der Waals surface area contributed by atoms with Gasteiger partial charge in [-0.05, 0) is 26.0 Å². The van der Waals surface area contributed by atoms with Crippen molar-refractivity contribution in [3.05, 3.63) is 29.6 Å². The average molecular weight is 252 g/mol. The molecule has 1 aromatic rings. The summed E-state index contributed by atoms with van der Waals surface area (Å²) in [5.41, 5.74) is -0.825. The molecule has 98 valence electrons. The number of hydrogen-bond acceptors (Lipinski definition) is 4. The van der Waals surface area contributed by atoms with E-state index in [1.807, 2.05) is 0 Å². The highest BCUT2D eigenvalue weighted by molar-refractivity contribution is 5.93. The summed E-state index contributed by atoms with van der Waals surface area (Å²) in [5.74, 6) is -1.46. The number of carboxylic acid groups (broad SMARTS) is 1. The molecule has 0 fully saturated rings. The SMILES string of the molecule is CN(CC(C)(C)O)C(=O)c1ccc(C(=O)O)cn1. The minimum atomic E-state index is -1.09. The van der Waals surface area contributed by atoms with Gasteiger partial charge in [-0.15, -0.1) is 0 Å². The van der Waals surface area contributed by atoms with Crippen LogP contribution in [-0.2, 0) is 0 Å². The number of pyridine rings is 1. The van der Waals surface area contributed by atoms with Gasteiger partial charge in [0, 0.05) is 19.8 Å². The first kappa shape index (κ1) is 14.1. The van der Waals surface area contributed by atoms with E-state index >= 15 is 0 Å². The molecule has 0 aliphatic heterocycles. The second kappa shape index (κ2) is 5.14. The normalized spacial score (nSPS) is 11.1. The van der Waals surface area contributed by atoms with E-state index in [9.17, 15) is 14.7 Å². The Hall–Kier alpha value is -1.95. The maximum absolute atomic E-state index is 11.9. The molecule has 18 heavy (non-hydrogen) atoms. The molecule has 0 aromatic carbocycles. The minimum absolute atomic E-state index is 0.0247. The molecule has 0 bridgehead atoms. The molecule has 0 saturated heterocycles. The van der Waals surface area contributed by atoms with E-state index in [1.54, 1.807) is 20.9 Å². The van der Waals surface area contributed by atoms with E-state index in [0.717, 1.165) is 6.20 Å². The molecule has 0 radical (unpaired) electrons. The number of aliphatic hydroxyl groups is 1. The van der Waals surface area contributed by atoms with Crippen LogP contribution in [-0.4, -0.2) is 51.2 Å². The van der Waals surface area contributed by atoms with Gasteiger partial charge in [-0.25, -0.2) is 4.79 Å². The molecule has 0 unspecified atom stereocenters. The zero-order valence-electron chi connectivity index (χ0n) is 10.5. The van der Waals surface area contributed by atoms with Crippen molar-refractivity contribution in [3.8, 4) is 0 Å². The van der Waals surface area contributed by atoms with Gasteiger partial charge in [-0.1, -0.05) is 0 Å². The summed E-state index contributed by atoms with van der Waals surface area (Å²) in [4.78, 5) is 27.7. The van der Waals surface area contributed by atoms with E-state index in [1.165, 1.54) is 17.0 Å². The number of aromatic carboxylic acids is 1. The summed E-state index contributed by atoms with van der Waals surface area (Å²) in [7, 11) is 1.55. The summed E-state index contributed by atoms with van der Waals surface area (Å²) < 4.78 is 0. The molecule has 1 amide bonds. The summed E-state index contributed by atoms with van der Waals surface area (Å²) in [5, 5.41) is 18.3. The lowest BCUT2D eigenvalue weighted by Gasteiger charge is -2.25. The van der Waals surface area contributed by atoms with Crippen LogP contribution in [0.3, 0.4) is 0 Å². The fourth-order valence-electron chi connectivity index (χ4n) is 1.49. The van der Waals surface area contributed by atoms with Gasteiger partial charge in [-0.2, -0.15) is 0 Å². The van der Waals surface area contributed by atoms with Crippen molar-refractivity contribution in [2.45, 2.75) is 19.4 Å². The quantitative estimate of drug-likeness (QED) is 0.819. The lowest BCUT2D eigenvalue weighted by atomic mass is 10.1. The predicted octanol–water partition coefficient (Wildman–Crippen LogP) is 0.623. The second-order valence-corrected chi connectivity index (χ2v) is 4.71. The Morgan fingerprint density at radius 1 is 1.39 bits per heavy atom. The van der Waals surface area contributed by atoms with Crippen molar-refractivity contribution in [2.75, 3.05) is 13.6 Å². The topological polar surface area (TPSA) is 90.7 Å². The van der Waals surface area contributed by atoms with Gasteiger partial charge in [0.05, 0.1) is 11.2 Å². The minimum Gasteiger partial charge on any atom is -0.478 e. The first-order valence-electron chi connectivity index (χ1n) is 5.38. The summed E-state index contributed by atoms with van der Waals surface area (Å²) in [6, 6.07) is 2.67. The largest absolute Gasteiger partial charge is 0.478 e. The van der Waals surface area contributed by atoms with Crippen LogP contribution in [0.5, 0.6) is 0 Å². The van der Waals surface area contributed by atoms with E-state index in [2.05, 4.69) is 4.98 Å². The molecule has 1 heterocycles. The maximum Gasteiger partial charge on any atom is 0.337 e. The number of hydrogen-bond donors (Lipinski definition) is 2. The lowest BCUT2D eigenvalue weighted by molar-refractivity contribution is 0.0365. The van der Waals surface area contributed by atoms with Crippen molar-refractivity contribution >= 4 is 11.9 Å². The first-order chi connectivity index (χ1) is 8.20. The third kappa shape index (κ3) is 3.81. The maximum atomic E-state index is 11.9. The number of likely N-dealkylation sites (N-methyl/N-ethyl adjacent to an activating group) is 1. The second-order valence-electron chi connectivity index (χ2n) is 4.71. The molecular formula is C12H16N2O4. The fourth-order valence-corrected chi connectivity index (χ4v) is 1.49. The Labute approximate surface area is 105 Å². The standard InChI is InChI=1S/C12H16N2O4/c1-12(2,18)7-14(3)10(15)9-5-4-8(6-13-9)11(16)17/h4-6,18H,7H2,1-3H3,(H,16,17). The first-order valence-corrected chi connectivity index (χ1v) is 5.38. The third-order valence-electron chi connectivity index (χ3n) is 2.20. The average Bonchev–Trinajstić information content (AvgIpc) is 2.26. The smallest absolute Gasteiger partial charge is 0.337 e. The highest BCUT2D eigenvalue weighted by Gasteiger charge is 2.21. The van der Waals surface area contributed by atoms with Gasteiger partial charge in [0.15, 0.2) is 0 Å². The molecule has 2 N–H and O–H groups in total. The zero-order chi connectivity index (χ0) is 13.9. The molecule has 0 aliphatic rings. The summed E-state index contributed by atoms with van der Waals surface area (Å²) in [6.07, 6.45) is 1.13. The Morgan fingerprint density at radius 3 is 2.39 bits per heavy atom. The molecule has 0 atom stereocenters. The number of carboxylic acids is 1. The molecule has 6 heteroatoms. The van der Waals surface area contributed by atoms with Crippen LogP contribution < -0.4 is 0 Å². The van der Waals surface area contributed by atoms with Gasteiger partial charge >= 0.3 is 5.97 Å². The van der Waals surface area contributed by atoms with Gasteiger partial charge in [0.2, 0.25) is 0 Å². The number of carbonyl (C=O) groups excluding carboxylic acids is 1. The van der Waals surface area contributed by atoms with Crippen LogP contribution in [0.15, 0.2) is 18.3 Å². The van der Waals surface area contributed by atoms with Crippen molar-refractivity contribution in [2.24, 2.45) is 0 Å². The lowest BCUT2D eigenvalue weighted by Crippen LogP contribution is -2.40.